The fraction of sp³-hybridized carbons (Fsp3) is 0.167. The number of aryl methyl sites for hydroxylation is 1. The van der Waals surface area contributed by atoms with E-state index < -0.39 is 0 Å². The summed E-state index contributed by atoms with van der Waals surface area (Å²) in [7, 11) is 3.12. The monoisotopic (exact) mass is 482 g/mol. The van der Waals surface area contributed by atoms with Crippen molar-refractivity contribution in [3.05, 3.63) is 87.4 Å². The van der Waals surface area contributed by atoms with Gasteiger partial charge >= 0.3 is 0 Å². The van der Waals surface area contributed by atoms with Crippen LogP contribution in [0, 0.1) is 6.92 Å². The topological polar surface area (TPSA) is 69.2 Å². The number of halogens is 1. The van der Waals surface area contributed by atoms with E-state index in [4.69, 9.17) is 14.2 Å². The first-order valence-electron chi connectivity index (χ1n) is 9.53. The van der Waals surface area contributed by atoms with E-state index in [9.17, 15) is 4.79 Å². The van der Waals surface area contributed by atoms with Crippen molar-refractivity contribution < 1.29 is 19.0 Å². The lowest BCUT2D eigenvalue weighted by atomic mass is 10.1. The van der Waals surface area contributed by atoms with Crippen LogP contribution in [-0.4, -0.2) is 26.3 Å². The minimum Gasteiger partial charge on any atom is -0.496 e. The Morgan fingerprint density at radius 3 is 2.42 bits per heavy atom. The molecule has 3 aromatic rings. The van der Waals surface area contributed by atoms with Crippen LogP contribution in [0.25, 0.3) is 0 Å². The van der Waals surface area contributed by atoms with Gasteiger partial charge in [-0.3, -0.25) is 4.79 Å². The van der Waals surface area contributed by atoms with Crippen molar-refractivity contribution in [3.8, 4) is 17.2 Å². The SMILES string of the molecule is COc1ccc(/C=N/NC(=O)c2ccc(C)cc2OC)cc1OCc1ccc(Br)cc1. The molecule has 0 radical (unpaired) electrons. The highest BCUT2D eigenvalue weighted by atomic mass is 79.9. The van der Waals surface area contributed by atoms with Gasteiger partial charge in [0.25, 0.3) is 5.91 Å². The summed E-state index contributed by atoms with van der Waals surface area (Å²) in [5, 5.41) is 4.06. The number of hydrogen-bond acceptors (Lipinski definition) is 5. The predicted octanol–water partition coefficient (Wildman–Crippen LogP) is 5.12. The molecule has 0 aromatic heterocycles. The van der Waals surface area contributed by atoms with E-state index in [2.05, 4.69) is 26.5 Å². The smallest absolute Gasteiger partial charge is 0.275 e. The van der Waals surface area contributed by atoms with Crippen LogP contribution in [0.4, 0.5) is 0 Å². The van der Waals surface area contributed by atoms with Crippen molar-refractivity contribution in [2.45, 2.75) is 13.5 Å². The number of methoxy groups -OCH3 is 2. The minimum atomic E-state index is -0.353. The van der Waals surface area contributed by atoms with Crippen LogP contribution in [-0.2, 0) is 6.61 Å². The maximum absolute atomic E-state index is 12.4. The van der Waals surface area contributed by atoms with E-state index in [1.807, 2.05) is 43.3 Å². The number of carbonyl (C=O) groups excluding carboxylic acids is 1. The zero-order chi connectivity index (χ0) is 22.2. The second kappa shape index (κ2) is 10.6. The van der Waals surface area contributed by atoms with Crippen LogP contribution >= 0.6 is 15.9 Å². The Hall–Kier alpha value is -3.32. The number of rotatable bonds is 8. The Morgan fingerprint density at radius 2 is 1.71 bits per heavy atom. The summed E-state index contributed by atoms with van der Waals surface area (Å²) in [6.07, 6.45) is 1.55. The van der Waals surface area contributed by atoms with Crippen molar-refractivity contribution in [3.63, 3.8) is 0 Å². The molecule has 0 bridgehead atoms. The van der Waals surface area contributed by atoms with E-state index in [1.165, 1.54) is 7.11 Å². The van der Waals surface area contributed by atoms with E-state index >= 15 is 0 Å². The highest BCUT2D eigenvalue weighted by Crippen LogP contribution is 2.28. The Morgan fingerprint density at radius 1 is 0.968 bits per heavy atom. The maximum Gasteiger partial charge on any atom is 0.275 e. The normalized spacial score (nSPS) is 10.7. The van der Waals surface area contributed by atoms with E-state index in [1.54, 1.807) is 37.6 Å². The first-order valence-corrected chi connectivity index (χ1v) is 10.3. The molecule has 0 fully saturated rings. The van der Waals surface area contributed by atoms with Gasteiger partial charge in [0.1, 0.15) is 12.4 Å². The second-order valence-electron chi connectivity index (χ2n) is 6.73. The van der Waals surface area contributed by atoms with Crippen molar-refractivity contribution in [2.24, 2.45) is 5.10 Å². The van der Waals surface area contributed by atoms with Crippen LogP contribution in [0.5, 0.6) is 17.2 Å². The zero-order valence-corrected chi connectivity index (χ0v) is 19.1. The Labute approximate surface area is 190 Å². The molecule has 3 aromatic carbocycles. The third kappa shape index (κ3) is 6.08. The van der Waals surface area contributed by atoms with Crippen molar-refractivity contribution in [1.29, 1.82) is 0 Å². The molecule has 0 aliphatic carbocycles. The molecule has 0 saturated carbocycles. The second-order valence-corrected chi connectivity index (χ2v) is 7.64. The average Bonchev–Trinajstić information content (AvgIpc) is 2.78. The maximum atomic E-state index is 12.4. The van der Waals surface area contributed by atoms with Gasteiger partial charge in [0.2, 0.25) is 0 Å². The fourth-order valence-corrected chi connectivity index (χ4v) is 3.10. The number of hydrogen-bond donors (Lipinski definition) is 1. The summed E-state index contributed by atoms with van der Waals surface area (Å²) in [6, 6.07) is 18.7. The molecule has 1 amide bonds. The summed E-state index contributed by atoms with van der Waals surface area (Å²) >= 11 is 3.42. The molecule has 0 heterocycles. The lowest BCUT2D eigenvalue weighted by molar-refractivity contribution is 0.0952. The third-order valence-electron chi connectivity index (χ3n) is 4.48. The largest absolute Gasteiger partial charge is 0.496 e. The van der Waals surface area contributed by atoms with Crippen LogP contribution < -0.4 is 19.6 Å². The average molecular weight is 483 g/mol. The van der Waals surface area contributed by atoms with Gasteiger partial charge in [0.15, 0.2) is 11.5 Å². The van der Waals surface area contributed by atoms with Crippen LogP contribution in [0.3, 0.4) is 0 Å². The molecule has 3 rings (SSSR count). The highest BCUT2D eigenvalue weighted by Gasteiger charge is 2.11. The molecule has 6 nitrogen and oxygen atoms in total. The van der Waals surface area contributed by atoms with Crippen LogP contribution in [0.15, 0.2) is 70.2 Å². The molecule has 0 unspecified atom stereocenters. The van der Waals surface area contributed by atoms with E-state index in [-0.39, 0.29) is 5.91 Å². The predicted molar refractivity (Wildman–Crippen MR) is 124 cm³/mol. The number of hydrazone groups is 1. The summed E-state index contributed by atoms with van der Waals surface area (Å²) in [5.41, 5.74) is 5.73. The van der Waals surface area contributed by atoms with Crippen LogP contribution in [0.1, 0.15) is 27.0 Å². The van der Waals surface area contributed by atoms with E-state index in [0.717, 1.165) is 21.2 Å². The molecule has 0 aliphatic rings. The quantitative estimate of drug-likeness (QED) is 0.357. The summed E-state index contributed by atoms with van der Waals surface area (Å²) in [6.45, 7) is 2.33. The van der Waals surface area contributed by atoms with Gasteiger partial charge in [-0.1, -0.05) is 34.1 Å². The Kier molecular flexibility index (Phi) is 7.67. The molecule has 7 heteroatoms. The van der Waals surface area contributed by atoms with Gasteiger partial charge in [-0.15, -0.1) is 0 Å². The van der Waals surface area contributed by atoms with E-state index in [0.29, 0.717) is 29.4 Å². The number of nitrogens with zero attached hydrogens (tertiary/aromatic N) is 1. The van der Waals surface area contributed by atoms with Gasteiger partial charge < -0.3 is 14.2 Å². The highest BCUT2D eigenvalue weighted by molar-refractivity contribution is 9.10. The molecule has 0 spiro atoms. The lowest BCUT2D eigenvalue weighted by Crippen LogP contribution is -2.18. The molecule has 31 heavy (non-hydrogen) atoms. The number of carbonyl (C=O) groups is 1. The van der Waals surface area contributed by atoms with Crippen molar-refractivity contribution in [1.82, 2.24) is 5.43 Å². The van der Waals surface area contributed by atoms with Gasteiger partial charge in [-0.05, 0) is 66.1 Å². The first kappa shape index (κ1) is 22.4. The lowest BCUT2D eigenvalue weighted by Gasteiger charge is -2.11. The molecular weight excluding hydrogens is 460 g/mol. The standard InChI is InChI=1S/C24H23BrN2O4/c1-16-4-10-20(22(12-16)30-3)24(28)27-26-14-18-7-11-21(29-2)23(13-18)31-15-17-5-8-19(25)9-6-17/h4-14H,15H2,1-3H3,(H,27,28)/b26-14+. The molecular formula is C24H23BrN2O4. The van der Waals surface area contributed by atoms with Crippen LogP contribution in [0.2, 0.25) is 0 Å². The van der Waals surface area contributed by atoms with Crippen molar-refractivity contribution in [2.75, 3.05) is 14.2 Å². The van der Waals surface area contributed by atoms with Crippen molar-refractivity contribution >= 4 is 28.1 Å². The zero-order valence-electron chi connectivity index (χ0n) is 17.5. The minimum absolute atomic E-state index is 0.353. The summed E-state index contributed by atoms with van der Waals surface area (Å²) < 4.78 is 17.6. The number of benzene rings is 3. The number of nitrogens with one attached hydrogen (secondary N) is 1. The molecule has 160 valence electrons. The summed E-state index contributed by atoms with van der Waals surface area (Å²) in [5.74, 6) is 1.35. The Bertz CT molecular complexity index is 1080. The van der Waals surface area contributed by atoms with Gasteiger partial charge in [-0.25, -0.2) is 5.43 Å². The molecule has 0 saturated heterocycles. The third-order valence-corrected chi connectivity index (χ3v) is 5.01. The number of amides is 1. The number of ether oxygens (including phenoxy) is 3. The fourth-order valence-electron chi connectivity index (χ4n) is 2.84. The van der Waals surface area contributed by atoms with Gasteiger partial charge in [0.05, 0.1) is 26.0 Å². The molecule has 1 N–H and O–H groups in total. The van der Waals surface area contributed by atoms with Gasteiger partial charge in [-0.2, -0.15) is 5.10 Å². The molecule has 0 aliphatic heterocycles. The summed E-state index contributed by atoms with van der Waals surface area (Å²) in [4.78, 5) is 12.4. The molecule has 0 atom stereocenters. The Balaban J connectivity index is 1.68. The van der Waals surface area contributed by atoms with Gasteiger partial charge in [0, 0.05) is 4.47 Å². The first-order chi connectivity index (χ1) is 15.0.